The van der Waals surface area contributed by atoms with E-state index in [0.29, 0.717) is 38.1 Å². The van der Waals surface area contributed by atoms with Gasteiger partial charge in [-0.15, -0.1) is 0 Å². The molecule has 0 radical (unpaired) electrons. The summed E-state index contributed by atoms with van der Waals surface area (Å²) in [4.78, 5) is 24.6. The van der Waals surface area contributed by atoms with Crippen molar-refractivity contribution in [1.29, 1.82) is 0 Å². The second kappa shape index (κ2) is 7.70. The highest BCUT2D eigenvalue weighted by Gasteiger charge is 2.16. The zero-order chi connectivity index (χ0) is 15.9. The van der Waals surface area contributed by atoms with E-state index in [4.69, 9.17) is 4.74 Å². The first kappa shape index (κ1) is 16.2. The van der Waals surface area contributed by atoms with E-state index in [1.54, 1.807) is 16.8 Å². The molecule has 6 nitrogen and oxygen atoms in total. The number of carbonyl (C=O) groups is 1. The maximum absolute atomic E-state index is 12.4. The topological polar surface area (TPSA) is 73.2 Å². The van der Waals surface area contributed by atoms with Crippen molar-refractivity contribution in [3.05, 3.63) is 40.2 Å². The average molecular weight is 303 g/mol. The first-order chi connectivity index (χ1) is 10.7. The molecule has 22 heavy (non-hydrogen) atoms. The summed E-state index contributed by atoms with van der Waals surface area (Å²) in [6.07, 6.45) is 0.704. The number of hydrogen-bond acceptors (Lipinski definition) is 4. The molecule has 0 saturated heterocycles. The number of carbonyl (C=O) groups excluding carboxylic acids is 1. The quantitative estimate of drug-likeness (QED) is 0.788. The number of benzene rings is 1. The van der Waals surface area contributed by atoms with Gasteiger partial charge in [-0.1, -0.05) is 12.1 Å². The highest BCUT2D eigenvalue weighted by atomic mass is 16.5. The second-order valence-electron chi connectivity index (χ2n) is 4.82. The Morgan fingerprint density at radius 1 is 1.32 bits per heavy atom. The first-order valence-corrected chi connectivity index (χ1v) is 7.54. The van der Waals surface area contributed by atoms with Gasteiger partial charge in [-0.2, -0.15) is 5.10 Å². The maximum Gasteiger partial charge on any atom is 0.275 e. The van der Waals surface area contributed by atoms with Crippen LogP contribution in [0.15, 0.2) is 29.1 Å². The monoisotopic (exact) mass is 303 g/mol. The molecular formula is C16H21N3O3. The maximum atomic E-state index is 12.4. The number of hydrogen-bond donors (Lipinski definition) is 1. The predicted octanol–water partition coefficient (Wildman–Crippen LogP) is 1.57. The minimum atomic E-state index is -0.436. The van der Waals surface area contributed by atoms with Gasteiger partial charge in [0.2, 0.25) is 5.43 Å². The molecule has 1 heterocycles. The molecule has 0 aliphatic carbocycles. The largest absolute Gasteiger partial charge is 0.382 e. The molecule has 0 aliphatic rings. The zero-order valence-electron chi connectivity index (χ0n) is 13.0. The van der Waals surface area contributed by atoms with E-state index < -0.39 is 5.91 Å². The Bertz CT molecular complexity index is 709. The Labute approximate surface area is 129 Å². The van der Waals surface area contributed by atoms with Crippen molar-refractivity contribution >= 4 is 16.8 Å². The number of aromatic nitrogens is 2. The SMILES string of the molecule is CCOCCCNC(=O)c1nn(CC)c2ccccc2c1=O. The lowest BCUT2D eigenvalue weighted by Crippen LogP contribution is -2.33. The van der Waals surface area contributed by atoms with Gasteiger partial charge in [0, 0.05) is 31.7 Å². The lowest BCUT2D eigenvalue weighted by Gasteiger charge is -2.10. The van der Waals surface area contributed by atoms with Crippen LogP contribution < -0.4 is 10.7 Å². The molecule has 0 spiro atoms. The van der Waals surface area contributed by atoms with Gasteiger partial charge < -0.3 is 10.1 Å². The highest BCUT2D eigenvalue weighted by molar-refractivity contribution is 5.95. The Hall–Kier alpha value is -2.21. The molecule has 0 unspecified atom stereocenters. The van der Waals surface area contributed by atoms with Gasteiger partial charge in [-0.3, -0.25) is 14.3 Å². The summed E-state index contributed by atoms with van der Waals surface area (Å²) in [5.74, 6) is -0.436. The van der Waals surface area contributed by atoms with Crippen LogP contribution in [0, 0.1) is 0 Å². The van der Waals surface area contributed by atoms with Crippen LogP contribution >= 0.6 is 0 Å². The van der Waals surface area contributed by atoms with Crippen LogP contribution in [0.1, 0.15) is 30.8 Å². The van der Waals surface area contributed by atoms with Crippen molar-refractivity contribution in [2.75, 3.05) is 19.8 Å². The lowest BCUT2D eigenvalue weighted by atomic mass is 10.2. The third-order valence-corrected chi connectivity index (χ3v) is 3.33. The normalized spacial score (nSPS) is 10.8. The van der Waals surface area contributed by atoms with E-state index in [1.807, 2.05) is 26.0 Å². The van der Waals surface area contributed by atoms with E-state index in [0.717, 1.165) is 5.52 Å². The molecule has 0 fully saturated rings. The predicted molar refractivity (Wildman–Crippen MR) is 85.1 cm³/mol. The van der Waals surface area contributed by atoms with E-state index in [1.165, 1.54) is 0 Å². The van der Waals surface area contributed by atoms with Crippen molar-refractivity contribution in [3.8, 4) is 0 Å². The van der Waals surface area contributed by atoms with Crippen LogP contribution in [-0.2, 0) is 11.3 Å². The van der Waals surface area contributed by atoms with E-state index in [2.05, 4.69) is 10.4 Å². The summed E-state index contributed by atoms with van der Waals surface area (Å²) in [5, 5.41) is 7.43. The molecule has 6 heteroatoms. The smallest absolute Gasteiger partial charge is 0.275 e. The summed E-state index contributed by atoms with van der Waals surface area (Å²) in [6, 6.07) is 7.19. The number of amides is 1. The zero-order valence-corrected chi connectivity index (χ0v) is 13.0. The van der Waals surface area contributed by atoms with Gasteiger partial charge in [-0.05, 0) is 32.4 Å². The fourth-order valence-corrected chi connectivity index (χ4v) is 2.23. The Morgan fingerprint density at radius 2 is 2.09 bits per heavy atom. The Kier molecular flexibility index (Phi) is 5.66. The van der Waals surface area contributed by atoms with Crippen molar-refractivity contribution in [2.45, 2.75) is 26.8 Å². The molecule has 0 saturated carbocycles. The summed E-state index contributed by atoms with van der Waals surface area (Å²) in [6.45, 7) is 6.13. The standard InChI is InChI=1S/C16H21N3O3/c1-3-19-13-9-6-5-8-12(13)15(20)14(18-19)16(21)17-10-7-11-22-4-2/h5-6,8-9H,3-4,7,10-11H2,1-2H3,(H,17,21). The minimum absolute atomic E-state index is 0.0584. The van der Waals surface area contributed by atoms with Crippen LogP contribution in [0.3, 0.4) is 0 Å². The lowest BCUT2D eigenvalue weighted by molar-refractivity contribution is 0.0936. The Balaban J connectivity index is 2.22. The summed E-state index contributed by atoms with van der Waals surface area (Å²) < 4.78 is 6.88. The van der Waals surface area contributed by atoms with Gasteiger partial charge in [0.25, 0.3) is 5.91 Å². The van der Waals surface area contributed by atoms with Crippen LogP contribution in [-0.4, -0.2) is 35.4 Å². The second-order valence-corrected chi connectivity index (χ2v) is 4.82. The summed E-state index contributed by atoms with van der Waals surface area (Å²) in [5.41, 5.74) is 0.350. The molecule has 1 N–H and O–H groups in total. The highest BCUT2D eigenvalue weighted by Crippen LogP contribution is 2.09. The number of nitrogens with zero attached hydrogens (tertiary/aromatic N) is 2. The summed E-state index contributed by atoms with van der Waals surface area (Å²) in [7, 11) is 0. The minimum Gasteiger partial charge on any atom is -0.382 e. The first-order valence-electron chi connectivity index (χ1n) is 7.54. The van der Waals surface area contributed by atoms with Crippen molar-refractivity contribution in [2.24, 2.45) is 0 Å². The van der Waals surface area contributed by atoms with Crippen molar-refractivity contribution < 1.29 is 9.53 Å². The van der Waals surface area contributed by atoms with E-state index >= 15 is 0 Å². The van der Waals surface area contributed by atoms with Gasteiger partial charge in [0.05, 0.1) is 5.52 Å². The molecule has 1 aromatic carbocycles. The average Bonchev–Trinajstić information content (AvgIpc) is 2.55. The van der Waals surface area contributed by atoms with E-state index in [-0.39, 0.29) is 11.1 Å². The van der Waals surface area contributed by atoms with Crippen LogP contribution in [0.2, 0.25) is 0 Å². The molecule has 1 aromatic heterocycles. The Morgan fingerprint density at radius 3 is 2.82 bits per heavy atom. The number of aryl methyl sites for hydroxylation is 1. The van der Waals surface area contributed by atoms with Crippen molar-refractivity contribution in [3.63, 3.8) is 0 Å². The number of rotatable bonds is 7. The van der Waals surface area contributed by atoms with Gasteiger partial charge >= 0.3 is 0 Å². The van der Waals surface area contributed by atoms with Crippen LogP contribution in [0.4, 0.5) is 0 Å². The van der Waals surface area contributed by atoms with Gasteiger partial charge in [0.1, 0.15) is 0 Å². The molecule has 0 bridgehead atoms. The van der Waals surface area contributed by atoms with Crippen LogP contribution in [0.5, 0.6) is 0 Å². The third kappa shape index (κ3) is 3.51. The molecule has 0 aliphatic heterocycles. The van der Waals surface area contributed by atoms with Gasteiger partial charge in [-0.25, -0.2) is 0 Å². The fraction of sp³-hybridized carbons (Fsp3) is 0.438. The molecule has 0 atom stereocenters. The number of para-hydroxylation sites is 1. The van der Waals surface area contributed by atoms with E-state index in [9.17, 15) is 9.59 Å². The van der Waals surface area contributed by atoms with Gasteiger partial charge in [0.15, 0.2) is 5.69 Å². The number of ether oxygens (including phenoxy) is 1. The fourth-order valence-electron chi connectivity index (χ4n) is 2.23. The number of fused-ring (bicyclic) bond motifs is 1. The summed E-state index contributed by atoms with van der Waals surface area (Å²) >= 11 is 0. The van der Waals surface area contributed by atoms with Crippen LogP contribution in [0.25, 0.3) is 10.9 Å². The van der Waals surface area contributed by atoms with Crippen molar-refractivity contribution in [1.82, 2.24) is 15.1 Å². The molecule has 2 rings (SSSR count). The molecule has 2 aromatic rings. The molecule has 1 amide bonds. The number of nitrogens with one attached hydrogen (secondary N) is 1. The molecule has 118 valence electrons. The molecular weight excluding hydrogens is 282 g/mol. The third-order valence-electron chi connectivity index (χ3n) is 3.33.